The molecule has 10 nitrogen and oxygen atoms in total. The second kappa shape index (κ2) is 14.3. The number of nitrogens with one attached hydrogen (secondary N) is 1. The Morgan fingerprint density at radius 1 is 0.800 bits per heavy atom. The zero-order chi connectivity index (χ0) is 29.1. The van der Waals surface area contributed by atoms with E-state index < -0.39 is 22.5 Å². The lowest BCUT2D eigenvalue weighted by atomic mass is 10.1. The number of carbonyl (C=O) groups is 1. The van der Waals surface area contributed by atoms with Crippen LogP contribution >= 0.6 is 0 Å². The van der Waals surface area contributed by atoms with Crippen LogP contribution in [0, 0.1) is 0 Å². The molecule has 0 saturated heterocycles. The van der Waals surface area contributed by atoms with Gasteiger partial charge in [0.15, 0.2) is 23.0 Å². The predicted octanol–water partition coefficient (Wildman–Crippen LogP) is 4.06. The number of anilines is 1. The molecule has 3 aromatic carbocycles. The van der Waals surface area contributed by atoms with Gasteiger partial charge in [0, 0.05) is 12.6 Å². The highest BCUT2D eigenvalue weighted by atomic mass is 32.2. The van der Waals surface area contributed by atoms with Crippen molar-refractivity contribution in [3.8, 4) is 28.7 Å². The highest BCUT2D eigenvalue weighted by Crippen LogP contribution is 2.33. The number of methoxy groups -OCH3 is 4. The number of hydrogen-bond donors (Lipinski definition) is 1. The lowest BCUT2D eigenvalue weighted by Gasteiger charge is -2.24. The molecule has 3 rings (SSSR count). The molecule has 0 spiro atoms. The van der Waals surface area contributed by atoms with E-state index in [9.17, 15) is 13.2 Å². The Kier molecular flexibility index (Phi) is 10.9. The van der Waals surface area contributed by atoms with Gasteiger partial charge < -0.3 is 29.0 Å². The van der Waals surface area contributed by atoms with Gasteiger partial charge in [0.25, 0.3) is 10.0 Å². The minimum atomic E-state index is -4.15. The quantitative estimate of drug-likeness (QED) is 0.271. The van der Waals surface area contributed by atoms with E-state index in [1.165, 1.54) is 32.4 Å². The molecular weight excluding hydrogens is 536 g/mol. The van der Waals surface area contributed by atoms with Crippen LogP contribution in [0.2, 0.25) is 0 Å². The summed E-state index contributed by atoms with van der Waals surface area (Å²) in [6.07, 6.45) is 1.33. The second-order valence-electron chi connectivity index (χ2n) is 8.60. The molecule has 0 heterocycles. The Balaban J connectivity index is 1.76. The van der Waals surface area contributed by atoms with Gasteiger partial charge in [0.2, 0.25) is 5.91 Å². The first-order valence-corrected chi connectivity index (χ1v) is 14.2. The summed E-state index contributed by atoms with van der Waals surface area (Å²) < 4.78 is 55.2. The van der Waals surface area contributed by atoms with Gasteiger partial charge in [-0.05, 0) is 73.9 Å². The molecule has 11 heteroatoms. The fraction of sp³-hybridized carbons (Fsp3) is 0.345. The number of nitrogens with zero attached hydrogens (tertiary/aromatic N) is 1. The van der Waals surface area contributed by atoms with Crippen LogP contribution in [-0.2, 0) is 21.2 Å². The summed E-state index contributed by atoms with van der Waals surface area (Å²) >= 11 is 0. The van der Waals surface area contributed by atoms with Crippen LogP contribution in [0.5, 0.6) is 28.7 Å². The number of amides is 1. The molecule has 0 aliphatic carbocycles. The predicted molar refractivity (Wildman–Crippen MR) is 153 cm³/mol. The van der Waals surface area contributed by atoms with Crippen molar-refractivity contribution in [2.24, 2.45) is 0 Å². The summed E-state index contributed by atoms with van der Waals surface area (Å²) in [5.74, 6) is 2.08. The Bertz CT molecular complexity index is 1380. The average molecular weight is 573 g/mol. The molecule has 0 aromatic heterocycles. The molecule has 0 bridgehead atoms. The molecule has 0 radical (unpaired) electrons. The van der Waals surface area contributed by atoms with Crippen molar-refractivity contribution in [1.29, 1.82) is 0 Å². The number of ether oxygens (including phenoxy) is 5. The van der Waals surface area contributed by atoms with Gasteiger partial charge in [-0.3, -0.25) is 9.10 Å². The van der Waals surface area contributed by atoms with Gasteiger partial charge >= 0.3 is 0 Å². The first-order chi connectivity index (χ1) is 19.3. The number of carbonyl (C=O) groups excluding carboxylic acids is 1. The van der Waals surface area contributed by atoms with Crippen molar-refractivity contribution in [2.75, 3.05) is 52.4 Å². The van der Waals surface area contributed by atoms with Crippen LogP contribution in [0.1, 0.15) is 18.9 Å². The fourth-order valence-corrected chi connectivity index (χ4v) is 5.47. The summed E-state index contributed by atoms with van der Waals surface area (Å²) in [5, 5.41) is 2.83. The van der Waals surface area contributed by atoms with E-state index in [0.717, 1.165) is 9.87 Å². The largest absolute Gasteiger partial charge is 0.494 e. The summed E-state index contributed by atoms with van der Waals surface area (Å²) in [5.41, 5.74) is 1.35. The monoisotopic (exact) mass is 572 g/mol. The number of benzene rings is 3. The van der Waals surface area contributed by atoms with Crippen molar-refractivity contribution >= 4 is 21.6 Å². The van der Waals surface area contributed by atoms with E-state index in [2.05, 4.69) is 5.32 Å². The lowest BCUT2D eigenvalue weighted by Crippen LogP contribution is -2.41. The molecule has 0 atom stereocenters. The molecule has 0 aliphatic rings. The van der Waals surface area contributed by atoms with E-state index >= 15 is 0 Å². The summed E-state index contributed by atoms with van der Waals surface area (Å²) in [4.78, 5) is 12.9. The number of rotatable bonds is 15. The molecule has 40 heavy (non-hydrogen) atoms. The lowest BCUT2D eigenvalue weighted by molar-refractivity contribution is -0.119. The van der Waals surface area contributed by atoms with Crippen LogP contribution in [0.4, 0.5) is 5.69 Å². The minimum Gasteiger partial charge on any atom is -0.494 e. The topological polar surface area (TPSA) is 113 Å². The smallest absolute Gasteiger partial charge is 0.264 e. The maximum atomic E-state index is 13.8. The van der Waals surface area contributed by atoms with E-state index in [1.807, 2.05) is 25.1 Å². The Morgan fingerprint density at radius 2 is 1.40 bits per heavy atom. The normalized spacial score (nSPS) is 10.9. The molecule has 0 saturated carbocycles. The van der Waals surface area contributed by atoms with Crippen LogP contribution < -0.4 is 33.3 Å². The van der Waals surface area contributed by atoms with Gasteiger partial charge in [-0.15, -0.1) is 0 Å². The molecule has 3 aromatic rings. The first-order valence-electron chi connectivity index (χ1n) is 12.7. The molecular formula is C29H36N2O8S. The van der Waals surface area contributed by atoms with Gasteiger partial charge in [0.1, 0.15) is 12.3 Å². The highest BCUT2D eigenvalue weighted by molar-refractivity contribution is 7.92. The van der Waals surface area contributed by atoms with Gasteiger partial charge in [-0.2, -0.15) is 0 Å². The fourth-order valence-electron chi connectivity index (χ4n) is 4.04. The molecule has 0 aliphatic heterocycles. The maximum Gasteiger partial charge on any atom is 0.264 e. The van der Waals surface area contributed by atoms with E-state index in [-0.39, 0.29) is 10.6 Å². The summed E-state index contributed by atoms with van der Waals surface area (Å²) in [6, 6.07) is 16.5. The number of hydrogen-bond acceptors (Lipinski definition) is 8. The van der Waals surface area contributed by atoms with Crippen LogP contribution in [0.15, 0.2) is 65.6 Å². The van der Waals surface area contributed by atoms with E-state index in [4.69, 9.17) is 23.7 Å². The number of aryl methyl sites for hydroxylation is 1. The molecule has 0 unspecified atom stereocenters. The average Bonchev–Trinajstić information content (AvgIpc) is 2.98. The van der Waals surface area contributed by atoms with Gasteiger partial charge in [-0.1, -0.05) is 6.07 Å². The van der Waals surface area contributed by atoms with Gasteiger partial charge in [-0.25, -0.2) is 8.42 Å². The number of sulfonamides is 1. The third kappa shape index (κ3) is 7.50. The van der Waals surface area contributed by atoms with Crippen molar-refractivity contribution in [1.82, 2.24) is 5.32 Å². The first kappa shape index (κ1) is 30.4. The molecule has 1 N–H and O–H groups in total. The maximum absolute atomic E-state index is 13.8. The Labute approximate surface area is 235 Å². The molecule has 216 valence electrons. The standard InChI is InChI=1S/C29H36N2O8S/c1-6-39-23-12-10-22(11-13-23)31(40(33,34)24-14-16-26(36-3)28(19-24)38-5)20-29(32)30-17-7-8-21-9-15-25(35-2)27(18-21)37-4/h9-16,18-19H,6-8,17,20H2,1-5H3,(H,30,32). The van der Waals surface area contributed by atoms with Crippen molar-refractivity contribution < 1.29 is 36.9 Å². The molecule has 0 fully saturated rings. The summed E-state index contributed by atoms with van der Waals surface area (Å²) in [6.45, 7) is 2.28. The highest BCUT2D eigenvalue weighted by Gasteiger charge is 2.28. The van der Waals surface area contributed by atoms with E-state index in [0.29, 0.717) is 54.7 Å². The third-order valence-corrected chi connectivity index (χ3v) is 7.85. The third-order valence-electron chi connectivity index (χ3n) is 6.08. The Morgan fingerprint density at radius 3 is 2.00 bits per heavy atom. The van der Waals surface area contributed by atoms with Crippen LogP contribution in [0.25, 0.3) is 0 Å². The van der Waals surface area contributed by atoms with Crippen LogP contribution in [0.3, 0.4) is 0 Å². The zero-order valence-electron chi connectivity index (χ0n) is 23.4. The Hall–Kier alpha value is -4.12. The summed E-state index contributed by atoms with van der Waals surface area (Å²) in [7, 11) is 1.90. The van der Waals surface area contributed by atoms with Crippen molar-refractivity contribution in [3.63, 3.8) is 0 Å². The molecule has 1 amide bonds. The van der Waals surface area contributed by atoms with E-state index in [1.54, 1.807) is 38.5 Å². The van der Waals surface area contributed by atoms with Crippen molar-refractivity contribution in [2.45, 2.75) is 24.7 Å². The van der Waals surface area contributed by atoms with Gasteiger partial charge in [0.05, 0.1) is 45.6 Å². The van der Waals surface area contributed by atoms with Crippen LogP contribution in [-0.4, -0.2) is 62.5 Å². The van der Waals surface area contributed by atoms with Crippen molar-refractivity contribution in [3.05, 3.63) is 66.2 Å². The minimum absolute atomic E-state index is 0.0414. The second-order valence-corrected chi connectivity index (χ2v) is 10.5. The zero-order valence-corrected chi connectivity index (χ0v) is 24.2. The SMILES string of the molecule is CCOc1ccc(N(CC(=O)NCCCc2ccc(OC)c(OC)c2)S(=O)(=O)c2ccc(OC)c(OC)c2)cc1.